The zero-order chi connectivity index (χ0) is 23.0. The fourth-order valence-electron chi connectivity index (χ4n) is 4.83. The average molecular weight is 467 g/mol. The van der Waals surface area contributed by atoms with Crippen LogP contribution in [0.5, 0.6) is 5.75 Å². The fraction of sp³-hybridized carbons (Fsp3) is 0.417. The molecule has 33 heavy (non-hydrogen) atoms. The van der Waals surface area contributed by atoms with Crippen LogP contribution in [0, 0.1) is 11.3 Å². The monoisotopic (exact) mass is 466 g/mol. The number of anilines is 3. The molecule has 4 N–H and O–H groups in total. The van der Waals surface area contributed by atoms with Crippen molar-refractivity contribution >= 4 is 41.0 Å². The summed E-state index contributed by atoms with van der Waals surface area (Å²) in [6.45, 7) is 4.74. The third kappa shape index (κ3) is 4.24. The predicted octanol–water partition coefficient (Wildman–Crippen LogP) is 3.38. The average Bonchev–Trinajstić information content (AvgIpc) is 3.59. The van der Waals surface area contributed by atoms with Gasteiger partial charge < -0.3 is 0 Å². The number of nitrogens with zero attached hydrogens (tertiary/aromatic N) is 3. The van der Waals surface area contributed by atoms with Crippen molar-refractivity contribution in [2.75, 3.05) is 49.7 Å². The molecule has 1 aliphatic heterocycles. The number of fused-ring (bicyclic) bond motifs is 1. The maximum absolute atomic E-state index is 11.5. The van der Waals surface area contributed by atoms with Crippen molar-refractivity contribution in [1.29, 1.82) is 5.26 Å². The number of hydrogen-bond donors (Lipinski definition) is 4. The molecule has 8 nitrogen and oxygen atoms in total. The van der Waals surface area contributed by atoms with Crippen LogP contribution in [0.25, 0.3) is 11.0 Å². The van der Waals surface area contributed by atoms with Crippen molar-refractivity contribution in [3.05, 3.63) is 36.0 Å². The molecular formula is C24H31N6O2P. The Hall–Kier alpha value is -2.85. The van der Waals surface area contributed by atoms with Crippen molar-refractivity contribution < 1.29 is 9.63 Å². The van der Waals surface area contributed by atoms with Crippen LogP contribution in [0.1, 0.15) is 25.3 Å². The third-order valence-electron chi connectivity index (χ3n) is 6.82. The van der Waals surface area contributed by atoms with Crippen LogP contribution < -0.4 is 20.7 Å². The summed E-state index contributed by atoms with van der Waals surface area (Å²) in [6, 6.07) is 10.9. The number of hydrogen-bond acceptors (Lipinski definition) is 7. The van der Waals surface area contributed by atoms with Gasteiger partial charge in [-0.15, -0.1) is 0 Å². The van der Waals surface area contributed by atoms with Crippen molar-refractivity contribution in [3.63, 3.8) is 0 Å². The molecule has 1 aliphatic carbocycles. The second kappa shape index (κ2) is 8.83. The molecule has 0 amide bonds. The fourth-order valence-corrected chi connectivity index (χ4v) is 7.76. The van der Waals surface area contributed by atoms with Gasteiger partial charge in [0.1, 0.15) is 0 Å². The van der Waals surface area contributed by atoms with E-state index in [0.717, 1.165) is 60.1 Å². The van der Waals surface area contributed by atoms with E-state index in [4.69, 9.17) is 4.74 Å². The predicted molar refractivity (Wildman–Crippen MR) is 136 cm³/mol. The van der Waals surface area contributed by atoms with Gasteiger partial charge in [0, 0.05) is 0 Å². The number of ether oxygens (including phenoxy) is 1. The first-order valence-corrected chi connectivity index (χ1v) is 14.0. The third-order valence-corrected chi connectivity index (χ3v) is 10.3. The van der Waals surface area contributed by atoms with Gasteiger partial charge in [-0.1, -0.05) is 0 Å². The summed E-state index contributed by atoms with van der Waals surface area (Å²) in [5.74, 6) is 1.33. The Morgan fingerprint density at radius 3 is 2.73 bits per heavy atom. The van der Waals surface area contributed by atoms with Crippen molar-refractivity contribution in [2.24, 2.45) is 0 Å². The van der Waals surface area contributed by atoms with Gasteiger partial charge >= 0.3 is 194 Å². The number of nitriles is 1. The van der Waals surface area contributed by atoms with Crippen LogP contribution in [0.4, 0.5) is 17.2 Å². The van der Waals surface area contributed by atoms with E-state index in [1.165, 1.54) is 12.8 Å². The molecule has 5 rings (SSSR count). The zero-order valence-corrected chi connectivity index (χ0v) is 20.1. The molecule has 3 heterocycles. The van der Waals surface area contributed by atoms with E-state index in [1.54, 1.807) is 13.3 Å². The number of aromatic amines is 1. The summed E-state index contributed by atoms with van der Waals surface area (Å²) in [5, 5.41) is 17.9. The standard InChI is InChI=1S/C24H31N6O2P/c1-3-26-20-13-22(29-24-23(20)16(14-25)15-27-24)28-19-7-6-18(12-21(19)32-2)33(31)10-8-30(9-11-33)17-4-5-17/h6-7,12-13,15,17,31,33H,3-5,8-11H2,1-2H3,(H3,26,27,28,29). The normalized spacial score (nSPS) is 19.1. The minimum atomic E-state index is -2.50. The van der Waals surface area contributed by atoms with Gasteiger partial charge in [-0.3, -0.25) is 0 Å². The second-order valence-corrected chi connectivity index (χ2v) is 12.6. The Labute approximate surface area is 194 Å². The summed E-state index contributed by atoms with van der Waals surface area (Å²) >= 11 is 0. The Morgan fingerprint density at radius 1 is 1.27 bits per heavy atom. The van der Waals surface area contributed by atoms with Gasteiger partial charge in [0.2, 0.25) is 0 Å². The van der Waals surface area contributed by atoms with Gasteiger partial charge in [-0.25, -0.2) is 0 Å². The van der Waals surface area contributed by atoms with Crippen LogP contribution in [-0.4, -0.2) is 64.9 Å². The van der Waals surface area contributed by atoms with E-state index < -0.39 is 7.49 Å². The molecule has 9 heteroatoms. The number of pyridine rings is 1. The summed E-state index contributed by atoms with van der Waals surface area (Å²) in [4.78, 5) is 21.8. The van der Waals surface area contributed by atoms with Crippen molar-refractivity contribution in [2.45, 2.75) is 25.8 Å². The molecule has 1 saturated carbocycles. The van der Waals surface area contributed by atoms with E-state index in [-0.39, 0.29) is 0 Å². The van der Waals surface area contributed by atoms with E-state index in [0.29, 0.717) is 22.8 Å². The molecule has 2 aromatic heterocycles. The molecule has 174 valence electrons. The first-order chi connectivity index (χ1) is 16.0. The molecule has 2 fully saturated rings. The van der Waals surface area contributed by atoms with Crippen LogP contribution in [0.2, 0.25) is 0 Å². The van der Waals surface area contributed by atoms with E-state index in [9.17, 15) is 10.2 Å². The van der Waals surface area contributed by atoms with Gasteiger partial charge in [-0.05, 0) is 0 Å². The van der Waals surface area contributed by atoms with E-state index >= 15 is 0 Å². The Kier molecular flexibility index (Phi) is 5.88. The van der Waals surface area contributed by atoms with Crippen molar-refractivity contribution in [3.8, 4) is 11.8 Å². The van der Waals surface area contributed by atoms with Crippen LogP contribution >= 0.6 is 7.49 Å². The summed E-state index contributed by atoms with van der Waals surface area (Å²) < 4.78 is 5.69. The minimum absolute atomic E-state index is 0.563. The second-order valence-electron chi connectivity index (χ2n) is 8.96. The number of benzene rings is 1. The topological polar surface area (TPSA) is 109 Å². The first-order valence-electron chi connectivity index (χ1n) is 11.6. The number of methoxy groups -OCH3 is 1. The Balaban J connectivity index is 1.41. The number of aromatic nitrogens is 2. The molecule has 0 atom stereocenters. The molecule has 3 aromatic rings. The summed E-state index contributed by atoms with van der Waals surface area (Å²) in [7, 11) is -0.854. The molecule has 2 aliphatic rings. The summed E-state index contributed by atoms with van der Waals surface area (Å²) in [6.07, 6.45) is 6.04. The summed E-state index contributed by atoms with van der Waals surface area (Å²) in [5.41, 5.74) is 2.85. The van der Waals surface area contributed by atoms with Gasteiger partial charge in [-0.2, -0.15) is 0 Å². The van der Waals surface area contributed by atoms with E-state index in [2.05, 4.69) is 31.6 Å². The number of H-pyrrole nitrogens is 1. The quantitative estimate of drug-likeness (QED) is 0.395. The Bertz CT molecular complexity index is 1210. The van der Waals surface area contributed by atoms with Crippen LogP contribution in [-0.2, 0) is 0 Å². The molecule has 1 aromatic carbocycles. The Morgan fingerprint density at radius 2 is 2.06 bits per heavy atom. The molecule has 0 radical (unpaired) electrons. The van der Waals surface area contributed by atoms with Crippen molar-refractivity contribution in [1.82, 2.24) is 14.9 Å². The van der Waals surface area contributed by atoms with E-state index in [1.807, 2.05) is 31.2 Å². The van der Waals surface area contributed by atoms with Crippen LogP contribution in [0.15, 0.2) is 30.5 Å². The van der Waals surface area contributed by atoms with Crippen LogP contribution in [0.3, 0.4) is 0 Å². The maximum atomic E-state index is 11.5. The number of rotatable bonds is 7. The van der Waals surface area contributed by atoms with Gasteiger partial charge in [0.05, 0.1) is 0 Å². The zero-order valence-electron chi connectivity index (χ0n) is 19.1. The molecule has 1 saturated heterocycles. The number of nitrogens with one attached hydrogen (secondary N) is 3. The molecule has 0 bridgehead atoms. The molecular weight excluding hydrogens is 435 g/mol. The SMILES string of the molecule is CCNc1cc(Nc2ccc([PH]3(O)CCN(C4CC4)CC3)cc2OC)nc2[nH]cc(C#N)c12. The van der Waals surface area contributed by atoms with Gasteiger partial charge in [0.25, 0.3) is 0 Å². The first kappa shape index (κ1) is 22.0. The van der Waals surface area contributed by atoms with Gasteiger partial charge in [0.15, 0.2) is 0 Å². The molecule has 0 spiro atoms. The molecule has 0 unspecified atom stereocenters.